The molecule has 1 aliphatic heterocycles. The minimum absolute atomic E-state index is 2.25. The van der Waals surface area contributed by atoms with Gasteiger partial charge in [-0.1, -0.05) is 0 Å². The zero-order valence-electron chi connectivity index (χ0n) is 3.68. The van der Waals surface area contributed by atoms with Gasteiger partial charge in [0.2, 0.25) is 0 Å². The van der Waals surface area contributed by atoms with E-state index in [9.17, 15) is 13.2 Å². The predicted molar refractivity (Wildman–Crippen MR) is 16.9 cm³/mol. The summed E-state index contributed by atoms with van der Waals surface area (Å²) in [6.45, 7) is -2.25. The second kappa shape index (κ2) is 1.91. The summed E-state index contributed by atoms with van der Waals surface area (Å²) in [5.74, 6) is 0. The van der Waals surface area contributed by atoms with Crippen LogP contribution in [0.3, 0.4) is 0 Å². The molecule has 2 atom stereocenters. The molecule has 0 spiro atoms. The Morgan fingerprint density at radius 2 is 1.25 bits per heavy atom. The van der Waals surface area contributed by atoms with Crippen LogP contribution in [0, 0.1) is 0 Å². The van der Waals surface area contributed by atoms with Gasteiger partial charge in [-0.2, -0.15) is 4.39 Å². The fraction of sp³-hybridized carbons (Fsp3) is 1.00. The maximum atomic E-state index is 11.6. The summed E-state index contributed by atoms with van der Waals surface area (Å²) >= 11 is 0. The second-order valence-electron chi connectivity index (χ2n) is 1.25. The molecule has 0 amide bonds. The number of hydrogen-bond acceptors (Lipinski definition) is 2. The first-order valence-corrected chi connectivity index (χ1v) is 1.93. The molecular weight excluding hydrogens is 125 g/mol. The van der Waals surface area contributed by atoms with Crippen molar-refractivity contribution in [3.63, 3.8) is 0 Å². The highest BCUT2D eigenvalue weighted by Gasteiger charge is 2.36. The van der Waals surface area contributed by atoms with Crippen LogP contribution in [0.1, 0.15) is 0 Å². The van der Waals surface area contributed by atoms with Crippen LogP contribution in [-0.4, -0.2) is 19.3 Å². The summed E-state index contributed by atoms with van der Waals surface area (Å²) in [5, 5.41) is 0. The fourth-order valence-corrected chi connectivity index (χ4v) is 0.360. The van der Waals surface area contributed by atoms with Crippen molar-refractivity contribution in [3.05, 3.63) is 0 Å². The summed E-state index contributed by atoms with van der Waals surface area (Å²) in [6, 6.07) is 0. The Hall–Kier alpha value is -0.290. The molecule has 0 aliphatic carbocycles. The monoisotopic (exact) mass is 128 g/mol. The molecular formula is C3H3F3O2. The Morgan fingerprint density at radius 1 is 0.875 bits per heavy atom. The maximum Gasteiger partial charge on any atom is 0.314 e. The molecule has 0 aromatic carbocycles. The lowest BCUT2D eigenvalue weighted by atomic mass is 10.7. The molecule has 2 unspecified atom stereocenters. The van der Waals surface area contributed by atoms with Crippen LogP contribution in [-0.2, 0) is 9.47 Å². The van der Waals surface area contributed by atoms with E-state index in [1.54, 1.807) is 0 Å². The summed E-state index contributed by atoms with van der Waals surface area (Å²) in [7, 11) is 0. The molecule has 0 radical (unpaired) electrons. The van der Waals surface area contributed by atoms with Crippen molar-refractivity contribution in [2.45, 2.75) is 19.3 Å². The fourth-order valence-electron chi connectivity index (χ4n) is 0.360. The Kier molecular flexibility index (Phi) is 1.39. The lowest BCUT2D eigenvalue weighted by Gasteiger charge is -1.93. The van der Waals surface area contributed by atoms with Crippen molar-refractivity contribution in [1.29, 1.82) is 0 Å². The van der Waals surface area contributed by atoms with Crippen LogP contribution in [0.4, 0.5) is 13.2 Å². The van der Waals surface area contributed by atoms with Crippen molar-refractivity contribution in [2.24, 2.45) is 0 Å². The molecule has 0 aromatic rings. The smallest absolute Gasteiger partial charge is 0.286 e. The third kappa shape index (κ3) is 0.924. The molecule has 1 rings (SSSR count). The highest BCUT2D eigenvalue weighted by atomic mass is 19.2. The van der Waals surface area contributed by atoms with E-state index in [-0.39, 0.29) is 0 Å². The largest absolute Gasteiger partial charge is 0.314 e. The molecule has 48 valence electrons. The molecule has 1 aliphatic rings. The number of rotatable bonds is 0. The van der Waals surface area contributed by atoms with E-state index in [1.165, 1.54) is 0 Å². The normalized spacial score (nSPS) is 47.6. The van der Waals surface area contributed by atoms with Crippen molar-refractivity contribution in [3.8, 4) is 0 Å². The zero-order chi connectivity index (χ0) is 6.15. The summed E-state index contributed by atoms with van der Waals surface area (Å²) in [5.41, 5.74) is 0. The average Bonchev–Trinajstić information content (AvgIpc) is 1.85. The Balaban J connectivity index is 2.39. The molecule has 0 bridgehead atoms. The molecule has 1 fully saturated rings. The summed E-state index contributed by atoms with van der Waals surface area (Å²) in [6.07, 6.45) is -4.55. The van der Waals surface area contributed by atoms with Crippen molar-refractivity contribution in [1.82, 2.24) is 0 Å². The summed E-state index contributed by atoms with van der Waals surface area (Å²) < 4.78 is 41.8. The third-order valence-electron chi connectivity index (χ3n) is 0.680. The first kappa shape index (κ1) is 5.84. The van der Waals surface area contributed by atoms with E-state index in [2.05, 4.69) is 9.47 Å². The lowest BCUT2D eigenvalue weighted by molar-refractivity contribution is -0.174. The zero-order valence-corrected chi connectivity index (χ0v) is 3.68. The number of alkyl halides is 3. The standard InChI is InChI=1S/C3H3F3O2/c4-1-2(5)8-3(6)7-1/h1-3H. The van der Waals surface area contributed by atoms with Crippen LogP contribution in [0.5, 0.6) is 0 Å². The van der Waals surface area contributed by atoms with Gasteiger partial charge in [0.25, 0.3) is 12.7 Å². The Labute approximate surface area is 43.2 Å². The van der Waals surface area contributed by atoms with Crippen LogP contribution in [0.15, 0.2) is 0 Å². The molecule has 8 heavy (non-hydrogen) atoms. The molecule has 0 N–H and O–H groups in total. The van der Waals surface area contributed by atoms with E-state index >= 15 is 0 Å². The molecule has 0 aromatic heterocycles. The van der Waals surface area contributed by atoms with Gasteiger partial charge in [0.05, 0.1) is 0 Å². The van der Waals surface area contributed by atoms with Gasteiger partial charge >= 0.3 is 6.54 Å². The molecule has 2 nitrogen and oxygen atoms in total. The highest BCUT2D eigenvalue weighted by Crippen LogP contribution is 2.20. The molecule has 5 heteroatoms. The van der Waals surface area contributed by atoms with Gasteiger partial charge in [-0.15, -0.1) is 0 Å². The number of hydrogen-bond donors (Lipinski definition) is 0. The van der Waals surface area contributed by atoms with E-state index in [1.807, 2.05) is 0 Å². The number of halogens is 3. The Bertz CT molecular complexity index is 78.6. The lowest BCUT2D eigenvalue weighted by Crippen LogP contribution is -2.09. The van der Waals surface area contributed by atoms with E-state index in [0.717, 1.165) is 0 Å². The van der Waals surface area contributed by atoms with E-state index in [0.29, 0.717) is 0 Å². The second-order valence-corrected chi connectivity index (χ2v) is 1.25. The van der Waals surface area contributed by atoms with Crippen LogP contribution < -0.4 is 0 Å². The van der Waals surface area contributed by atoms with Gasteiger partial charge in [0, 0.05) is 0 Å². The van der Waals surface area contributed by atoms with Gasteiger partial charge in [0.1, 0.15) is 0 Å². The minimum Gasteiger partial charge on any atom is -0.286 e. The van der Waals surface area contributed by atoms with Gasteiger partial charge in [-0.25, -0.2) is 8.78 Å². The molecule has 0 saturated carbocycles. The quantitative estimate of drug-likeness (QED) is 0.482. The highest BCUT2D eigenvalue weighted by molar-refractivity contribution is 4.51. The van der Waals surface area contributed by atoms with Crippen LogP contribution in [0.2, 0.25) is 0 Å². The van der Waals surface area contributed by atoms with Crippen molar-refractivity contribution in [2.75, 3.05) is 0 Å². The van der Waals surface area contributed by atoms with E-state index in [4.69, 9.17) is 0 Å². The SMILES string of the molecule is FC1OC(F)C(F)O1. The first-order valence-electron chi connectivity index (χ1n) is 1.93. The van der Waals surface area contributed by atoms with Crippen LogP contribution in [0.25, 0.3) is 0 Å². The van der Waals surface area contributed by atoms with Crippen LogP contribution >= 0.6 is 0 Å². The molecule has 1 heterocycles. The third-order valence-corrected chi connectivity index (χ3v) is 0.680. The van der Waals surface area contributed by atoms with Gasteiger partial charge in [-0.3, -0.25) is 9.47 Å². The van der Waals surface area contributed by atoms with Gasteiger partial charge < -0.3 is 0 Å². The average molecular weight is 128 g/mol. The topological polar surface area (TPSA) is 18.5 Å². The first-order chi connectivity index (χ1) is 3.70. The van der Waals surface area contributed by atoms with Gasteiger partial charge in [-0.05, 0) is 0 Å². The van der Waals surface area contributed by atoms with Crippen molar-refractivity contribution < 1.29 is 22.6 Å². The van der Waals surface area contributed by atoms with Gasteiger partial charge in [0.15, 0.2) is 0 Å². The minimum atomic E-state index is -2.27. The van der Waals surface area contributed by atoms with E-state index < -0.39 is 19.3 Å². The maximum absolute atomic E-state index is 11.6. The summed E-state index contributed by atoms with van der Waals surface area (Å²) in [4.78, 5) is 0. The number of ether oxygens (including phenoxy) is 2. The Morgan fingerprint density at radius 3 is 1.38 bits per heavy atom. The predicted octanol–water partition coefficient (Wildman–Crippen LogP) is 0.877. The molecule has 1 saturated heterocycles. The van der Waals surface area contributed by atoms with Crippen molar-refractivity contribution >= 4 is 0 Å².